The molecule has 0 N–H and O–H groups in total. The van der Waals surface area contributed by atoms with Gasteiger partial charge in [-0.1, -0.05) is 24.5 Å². The van der Waals surface area contributed by atoms with Crippen LogP contribution in [0.4, 0.5) is 0 Å². The zero-order valence-electron chi connectivity index (χ0n) is 10.0. The van der Waals surface area contributed by atoms with Gasteiger partial charge in [-0.2, -0.15) is 0 Å². The molecule has 0 radical (unpaired) electrons. The Morgan fingerprint density at radius 1 is 1.20 bits per heavy atom. The SMILES string of the molecule is CC(C)(C)n1cc(C2CCCCC2)nn1. The van der Waals surface area contributed by atoms with E-state index in [0.717, 1.165) is 0 Å². The van der Waals surface area contributed by atoms with E-state index in [2.05, 4.69) is 37.3 Å². The summed E-state index contributed by atoms with van der Waals surface area (Å²) in [6, 6.07) is 0. The van der Waals surface area contributed by atoms with Crippen LogP contribution in [0.1, 0.15) is 64.5 Å². The first-order chi connectivity index (χ1) is 7.07. The third-order valence-corrected chi connectivity index (χ3v) is 3.22. The highest BCUT2D eigenvalue weighted by atomic mass is 15.4. The fraction of sp³-hybridized carbons (Fsp3) is 0.833. The average molecular weight is 207 g/mol. The van der Waals surface area contributed by atoms with Crippen molar-refractivity contribution in [2.75, 3.05) is 0 Å². The van der Waals surface area contributed by atoms with E-state index < -0.39 is 0 Å². The lowest BCUT2D eigenvalue weighted by Gasteiger charge is -2.20. The van der Waals surface area contributed by atoms with E-state index in [9.17, 15) is 0 Å². The molecule has 0 saturated heterocycles. The molecule has 84 valence electrons. The van der Waals surface area contributed by atoms with E-state index in [1.807, 2.05) is 4.68 Å². The van der Waals surface area contributed by atoms with Gasteiger partial charge in [0.15, 0.2) is 0 Å². The van der Waals surface area contributed by atoms with Gasteiger partial charge in [0.25, 0.3) is 0 Å². The standard InChI is InChI=1S/C12H21N3/c1-12(2,3)15-9-11(13-14-15)10-7-5-4-6-8-10/h9-10H,4-8H2,1-3H3. The summed E-state index contributed by atoms with van der Waals surface area (Å²) in [7, 11) is 0. The summed E-state index contributed by atoms with van der Waals surface area (Å²) < 4.78 is 1.98. The zero-order valence-corrected chi connectivity index (χ0v) is 10.0. The number of rotatable bonds is 1. The van der Waals surface area contributed by atoms with Crippen LogP contribution in [0.15, 0.2) is 6.20 Å². The summed E-state index contributed by atoms with van der Waals surface area (Å²) >= 11 is 0. The lowest BCUT2D eigenvalue weighted by molar-refractivity contribution is 0.346. The van der Waals surface area contributed by atoms with E-state index >= 15 is 0 Å². The second-order valence-electron chi connectivity index (χ2n) is 5.59. The van der Waals surface area contributed by atoms with Crippen LogP contribution in [-0.4, -0.2) is 15.0 Å². The van der Waals surface area contributed by atoms with Gasteiger partial charge in [-0.25, -0.2) is 4.68 Å². The molecule has 0 amide bonds. The maximum absolute atomic E-state index is 4.32. The molecule has 1 aromatic heterocycles. The Bertz CT molecular complexity index is 316. The number of hydrogen-bond donors (Lipinski definition) is 0. The minimum Gasteiger partial charge on any atom is -0.247 e. The Kier molecular flexibility index (Phi) is 2.81. The van der Waals surface area contributed by atoms with Crippen LogP contribution in [0.2, 0.25) is 0 Å². The Labute approximate surface area is 91.9 Å². The molecule has 1 heterocycles. The first-order valence-corrected chi connectivity index (χ1v) is 6.00. The third-order valence-electron chi connectivity index (χ3n) is 3.22. The molecule has 0 unspecified atom stereocenters. The van der Waals surface area contributed by atoms with Gasteiger partial charge < -0.3 is 0 Å². The van der Waals surface area contributed by atoms with Gasteiger partial charge in [0, 0.05) is 12.1 Å². The van der Waals surface area contributed by atoms with Crippen molar-refractivity contribution in [2.24, 2.45) is 0 Å². The highest BCUT2D eigenvalue weighted by molar-refractivity contribution is 5.04. The van der Waals surface area contributed by atoms with Crippen molar-refractivity contribution < 1.29 is 0 Å². The minimum absolute atomic E-state index is 0.0555. The lowest BCUT2D eigenvalue weighted by Crippen LogP contribution is -2.22. The fourth-order valence-electron chi connectivity index (χ4n) is 2.19. The third kappa shape index (κ3) is 2.39. The molecule has 3 heteroatoms. The van der Waals surface area contributed by atoms with Gasteiger partial charge in [0.05, 0.1) is 11.2 Å². The molecule has 1 saturated carbocycles. The molecule has 1 aliphatic rings. The van der Waals surface area contributed by atoms with Crippen LogP contribution in [0.25, 0.3) is 0 Å². The molecular weight excluding hydrogens is 186 g/mol. The van der Waals surface area contributed by atoms with Crippen molar-refractivity contribution in [3.8, 4) is 0 Å². The maximum atomic E-state index is 4.32. The number of aromatic nitrogens is 3. The van der Waals surface area contributed by atoms with Gasteiger partial charge in [0.2, 0.25) is 0 Å². The number of hydrogen-bond acceptors (Lipinski definition) is 2. The quantitative estimate of drug-likeness (QED) is 0.708. The second kappa shape index (κ2) is 3.95. The monoisotopic (exact) mass is 207 g/mol. The zero-order chi connectivity index (χ0) is 10.9. The topological polar surface area (TPSA) is 30.7 Å². The van der Waals surface area contributed by atoms with Gasteiger partial charge in [-0.05, 0) is 33.6 Å². The molecular formula is C12H21N3. The molecule has 0 atom stereocenters. The fourth-order valence-corrected chi connectivity index (χ4v) is 2.19. The normalized spacial score (nSPS) is 19.4. The summed E-state index contributed by atoms with van der Waals surface area (Å²) in [6.45, 7) is 6.48. The van der Waals surface area contributed by atoms with Crippen molar-refractivity contribution in [3.05, 3.63) is 11.9 Å². The average Bonchev–Trinajstić information content (AvgIpc) is 2.67. The van der Waals surface area contributed by atoms with Gasteiger partial charge in [-0.15, -0.1) is 5.10 Å². The van der Waals surface area contributed by atoms with Crippen LogP contribution in [-0.2, 0) is 5.54 Å². The van der Waals surface area contributed by atoms with Crippen molar-refractivity contribution in [3.63, 3.8) is 0 Å². The molecule has 0 spiro atoms. The Hall–Kier alpha value is -0.860. The summed E-state index contributed by atoms with van der Waals surface area (Å²) in [5.41, 5.74) is 1.25. The largest absolute Gasteiger partial charge is 0.247 e. The molecule has 2 rings (SSSR count). The van der Waals surface area contributed by atoms with Crippen LogP contribution >= 0.6 is 0 Å². The second-order valence-corrected chi connectivity index (χ2v) is 5.59. The molecule has 1 aromatic rings. The first kappa shape index (κ1) is 10.7. The van der Waals surface area contributed by atoms with Crippen LogP contribution < -0.4 is 0 Å². The molecule has 0 bridgehead atoms. The van der Waals surface area contributed by atoms with Crippen molar-refractivity contribution in [1.29, 1.82) is 0 Å². The van der Waals surface area contributed by atoms with Crippen LogP contribution in [0.5, 0.6) is 0 Å². The highest BCUT2D eigenvalue weighted by Gasteiger charge is 2.21. The molecule has 1 fully saturated rings. The summed E-state index contributed by atoms with van der Waals surface area (Å²) in [5, 5.41) is 8.55. The Morgan fingerprint density at radius 2 is 1.87 bits per heavy atom. The Balaban J connectivity index is 2.12. The minimum atomic E-state index is 0.0555. The van der Waals surface area contributed by atoms with Crippen molar-refractivity contribution in [2.45, 2.75) is 64.3 Å². The van der Waals surface area contributed by atoms with E-state index in [4.69, 9.17) is 0 Å². The maximum Gasteiger partial charge on any atom is 0.0858 e. The van der Waals surface area contributed by atoms with Gasteiger partial charge >= 0.3 is 0 Å². The van der Waals surface area contributed by atoms with E-state index in [1.165, 1.54) is 37.8 Å². The summed E-state index contributed by atoms with van der Waals surface area (Å²) in [5.74, 6) is 0.662. The van der Waals surface area contributed by atoms with Crippen molar-refractivity contribution >= 4 is 0 Å². The smallest absolute Gasteiger partial charge is 0.0858 e. The Morgan fingerprint density at radius 3 is 2.40 bits per heavy atom. The predicted octanol–water partition coefficient (Wildman–Crippen LogP) is 3.08. The highest BCUT2D eigenvalue weighted by Crippen LogP contribution is 2.31. The first-order valence-electron chi connectivity index (χ1n) is 6.00. The summed E-state index contributed by atoms with van der Waals surface area (Å²) in [4.78, 5) is 0. The van der Waals surface area contributed by atoms with Gasteiger partial charge in [0.1, 0.15) is 0 Å². The molecule has 0 aromatic carbocycles. The van der Waals surface area contributed by atoms with Crippen LogP contribution in [0, 0.1) is 0 Å². The molecule has 3 nitrogen and oxygen atoms in total. The molecule has 1 aliphatic carbocycles. The van der Waals surface area contributed by atoms with E-state index in [-0.39, 0.29) is 5.54 Å². The van der Waals surface area contributed by atoms with Crippen LogP contribution in [0.3, 0.4) is 0 Å². The van der Waals surface area contributed by atoms with Crippen molar-refractivity contribution in [1.82, 2.24) is 15.0 Å². The number of nitrogens with zero attached hydrogens (tertiary/aromatic N) is 3. The lowest BCUT2D eigenvalue weighted by atomic mass is 9.87. The predicted molar refractivity (Wildman–Crippen MR) is 60.8 cm³/mol. The molecule has 0 aliphatic heterocycles. The van der Waals surface area contributed by atoms with E-state index in [0.29, 0.717) is 5.92 Å². The van der Waals surface area contributed by atoms with Gasteiger partial charge in [-0.3, -0.25) is 0 Å². The molecule has 15 heavy (non-hydrogen) atoms. The summed E-state index contributed by atoms with van der Waals surface area (Å²) in [6.07, 6.45) is 8.83. The van der Waals surface area contributed by atoms with E-state index in [1.54, 1.807) is 0 Å².